The standard InChI is InChI=1S/C20H23FN6O/c1-27(2)11-10-23-20-25-17(14-6-8-22-9-7-14)13-19(26-20)24-15-4-5-18(28-3)16(21)12-15/h4-9,12-13H,10-11H2,1-3H3,(H2,23,24,25,26). The van der Waals surface area contributed by atoms with Crippen molar-refractivity contribution in [3.63, 3.8) is 0 Å². The molecule has 0 spiro atoms. The highest BCUT2D eigenvalue weighted by molar-refractivity contribution is 5.67. The van der Waals surface area contributed by atoms with Crippen molar-refractivity contribution >= 4 is 17.5 Å². The molecule has 0 saturated carbocycles. The summed E-state index contributed by atoms with van der Waals surface area (Å²) in [4.78, 5) is 15.2. The van der Waals surface area contributed by atoms with Gasteiger partial charge < -0.3 is 20.3 Å². The number of hydrogen-bond acceptors (Lipinski definition) is 7. The van der Waals surface area contributed by atoms with Gasteiger partial charge in [0.05, 0.1) is 12.8 Å². The number of likely N-dealkylation sites (N-methyl/N-ethyl adjacent to an activating group) is 1. The van der Waals surface area contributed by atoms with E-state index in [0.717, 1.165) is 17.8 Å². The lowest BCUT2D eigenvalue weighted by atomic mass is 10.2. The number of hydrogen-bond donors (Lipinski definition) is 2. The number of halogens is 1. The number of anilines is 3. The molecule has 3 aromatic rings. The molecule has 0 aliphatic rings. The molecule has 0 saturated heterocycles. The highest BCUT2D eigenvalue weighted by Crippen LogP contribution is 2.26. The molecule has 7 nitrogen and oxygen atoms in total. The van der Waals surface area contributed by atoms with Gasteiger partial charge in [-0.05, 0) is 38.4 Å². The lowest BCUT2D eigenvalue weighted by Crippen LogP contribution is -2.21. The summed E-state index contributed by atoms with van der Waals surface area (Å²) in [6, 6.07) is 10.2. The summed E-state index contributed by atoms with van der Waals surface area (Å²) < 4.78 is 19.0. The van der Waals surface area contributed by atoms with Crippen LogP contribution in [0.5, 0.6) is 5.75 Å². The number of nitrogens with zero attached hydrogens (tertiary/aromatic N) is 4. The summed E-state index contributed by atoms with van der Waals surface area (Å²) >= 11 is 0. The minimum absolute atomic E-state index is 0.191. The molecule has 2 heterocycles. The second kappa shape index (κ2) is 9.09. The average molecular weight is 382 g/mol. The summed E-state index contributed by atoms with van der Waals surface area (Å²) in [7, 11) is 5.44. The third-order valence-electron chi connectivity index (χ3n) is 3.97. The molecule has 3 rings (SSSR count). The zero-order valence-electron chi connectivity index (χ0n) is 16.1. The maximum absolute atomic E-state index is 14.0. The molecule has 28 heavy (non-hydrogen) atoms. The Balaban J connectivity index is 1.89. The van der Waals surface area contributed by atoms with Crippen LogP contribution in [0.2, 0.25) is 0 Å². The van der Waals surface area contributed by atoms with Crippen LogP contribution in [0.25, 0.3) is 11.3 Å². The van der Waals surface area contributed by atoms with Gasteiger partial charge in [-0.1, -0.05) is 0 Å². The van der Waals surface area contributed by atoms with Crippen molar-refractivity contribution in [3.05, 3.63) is 54.6 Å². The molecule has 0 amide bonds. The van der Waals surface area contributed by atoms with E-state index in [1.54, 1.807) is 24.5 Å². The Morgan fingerprint density at radius 3 is 2.54 bits per heavy atom. The summed E-state index contributed by atoms with van der Waals surface area (Å²) in [5.74, 6) is 0.795. The summed E-state index contributed by atoms with van der Waals surface area (Å²) in [6.07, 6.45) is 3.42. The van der Waals surface area contributed by atoms with Crippen LogP contribution in [0.1, 0.15) is 0 Å². The number of nitrogens with one attached hydrogen (secondary N) is 2. The fourth-order valence-corrected chi connectivity index (χ4v) is 2.54. The van der Waals surface area contributed by atoms with Crippen molar-refractivity contribution in [1.82, 2.24) is 19.9 Å². The summed E-state index contributed by atoms with van der Waals surface area (Å²) in [5, 5.41) is 6.36. The van der Waals surface area contributed by atoms with E-state index < -0.39 is 5.82 Å². The Labute approximate surface area is 163 Å². The van der Waals surface area contributed by atoms with Crippen LogP contribution in [0, 0.1) is 5.82 Å². The molecule has 146 valence electrons. The molecule has 0 fully saturated rings. The summed E-state index contributed by atoms with van der Waals surface area (Å²) in [5.41, 5.74) is 2.22. The molecule has 0 aliphatic heterocycles. The summed E-state index contributed by atoms with van der Waals surface area (Å²) in [6.45, 7) is 1.54. The predicted octanol–water partition coefficient (Wildman–Crippen LogP) is 3.40. The second-order valence-corrected chi connectivity index (χ2v) is 6.40. The monoisotopic (exact) mass is 382 g/mol. The zero-order chi connectivity index (χ0) is 19.9. The maximum atomic E-state index is 14.0. The minimum atomic E-state index is -0.444. The fraction of sp³-hybridized carbons (Fsp3) is 0.250. The van der Waals surface area contributed by atoms with E-state index in [1.807, 2.05) is 32.3 Å². The minimum Gasteiger partial charge on any atom is -0.494 e. The Bertz CT molecular complexity index is 920. The molecular weight excluding hydrogens is 359 g/mol. The first-order chi connectivity index (χ1) is 13.5. The van der Waals surface area contributed by atoms with Crippen LogP contribution in [0.15, 0.2) is 48.8 Å². The number of methoxy groups -OCH3 is 1. The lowest BCUT2D eigenvalue weighted by Gasteiger charge is -2.13. The largest absolute Gasteiger partial charge is 0.494 e. The Kier molecular flexibility index (Phi) is 6.33. The third kappa shape index (κ3) is 5.14. The second-order valence-electron chi connectivity index (χ2n) is 6.40. The first-order valence-corrected chi connectivity index (χ1v) is 8.84. The van der Waals surface area contributed by atoms with Gasteiger partial charge in [0.25, 0.3) is 0 Å². The third-order valence-corrected chi connectivity index (χ3v) is 3.97. The smallest absolute Gasteiger partial charge is 0.225 e. The van der Waals surface area contributed by atoms with Crippen molar-refractivity contribution in [3.8, 4) is 17.0 Å². The lowest BCUT2D eigenvalue weighted by molar-refractivity contribution is 0.386. The van der Waals surface area contributed by atoms with Gasteiger partial charge in [-0.3, -0.25) is 4.98 Å². The van der Waals surface area contributed by atoms with Crippen LogP contribution in [0.4, 0.5) is 21.8 Å². The van der Waals surface area contributed by atoms with Crippen LogP contribution in [0.3, 0.4) is 0 Å². The molecule has 0 bridgehead atoms. The Morgan fingerprint density at radius 1 is 1.07 bits per heavy atom. The molecule has 0 aliphatic carbocycles. The molecule has 0 unspecified atom stereocenters. The van der Waals surface area contributed by atoms with Crippen LogP contribution >= 0.6 is 0 Å². The van der Waals surface area contributed by atoms with Gasteiger partial charge >= 0.3 is 0 Å². The number of benzene rings is 1. The van der Waals surface area contributed by atoms with Crippen molar-refractivity contribution in [2.24, 2.45) is 0 Å². The quantitative estimate of drug-likeness (QED) is 0.618. The first-order valence-electron chi connectivity index (χ1n) is 8.84. The molecule has 0 radical (unpaired) electrons. The molecular formula is C20H23FN6O. The number of aromatic nitrogens is 3. The van der Waals surface area contributed by atoms with E-state index in [4.69, 9.17) is 4.74 Å². The maximum Gasteiger partial charge on any atom is 0.225 e. The van der Waals surface area contributed by atoms with E-state index in [0.29, 0.717) is 24.0 Å². The van der Waals surface area contributed by atoms with Crippen LogP contribution < -0.4 is 15.4 Å². The SMILES string of the molecule is COc1ccc(Nc2cc(-c3ccncc3)nc(NCCN(C)C)n2)cc1F. The highest BCUT2D eigenvalue weighted by atomic mass is 19.1. The first kappa shape index (κ1) is 19.5. The number of ether oxygens (including phenoxy) is 1. The number of pyridine rings is 1. The average Bonchev–Trinajstić information content (AvgIpc) is 2.68. The van der Waals surface area contributed by atoms with E-state index >= 15 is 0 Å². The van der Waals surface area contributed by atoms with Gasteiger partial charge in [-0.25, -0.2) is 9.37 Å². The van der Waals surface area contributed by atoms with E-state index in [-0.39, 0.29) is 5.75 Å². The number of rotatable bonds is 8. The van der Waals surface area contributed by atoms with Crippen molar-refractivity contribution < 1.29 is 9.13 Å². The fourth-order valence-electron chi connectivity index (χ4n) is 2.54. The van der Waals surface area contributed by atoms with Crippen LogP contribution in [-0.2, 0) is 0 Å². The molecule has 0 atom stereocenters. The van der Waals surface area contributed by atoms with Crippen molar-refractivity contribution in [2.45, 2.75) is 0 Å². The zero-order valence-corrected chi connectivity index (χ0v) is 16.1. The van der Waals surface area contributed by atoms with Gasteiger partial charge in [0.15, 0.2) is 11.6 Å². The predicted molar refractivity (Wildman–Crippen MR) is 109 cm³/mol. The Hall–Kier alpha value is -3.26. The van der Waals surface area contributed by atoms with Gasteiger partial charge in [0.2, 0.25) is 5.95 Å². The highest BCUT2D eigenvalue weighted by Gasteiger charge is 2.09. The molecule has 2 aromatic heterocycles. The molecule has 2 N–H and O–H groups in total. The Morgan fingerprint density at radius 2 is 1.86 bits per heavy atom. The topological polar surface area (TPSA) is 75.2 Å². The molecule has 1 aromatic carbocycles. The van der Waals surface area contributed by atoms with E-state index in [9.17, 15) is 4.39 Å². The van der Waals surface area contributed by atoms with Crippen LogP contribution in [-0.4, -0.2) is 54.1 Å². The van der Waals surface area contributed by atoms with E-state index in [1.165, 1.54) is 13.2 Å². The van der Waals surface area contributed by atoms with E-state index in [2.05, 4.69) is 30.5 Å². The van der Waals surface area contributed by atoms with Gasteiger partial charge in [0.1, 0.15) is 5.82 Å². The van der Waals surface area contributed by atoms with Crippen molar-refractivity contribution in [2.75, 3.05) is 44.9 Å². The van der Waals surface area contributed by atoms with Gasteiger partial charge in [-0.2, -0.15) is 4.98 Å². The van der Waals surface area contributed by atoms with Crippen molar-refractivity contribution in [1.29, 1.82) is 0 Å². The normalized spacial score (nSPS) is 10.8. The van der Waals surface area contributed by atoms with Gasteiger partial charge in [0, 0.05) is 48.9 Å². The molecule has 8 heteroatoms. The van der Waals surface area contributed by atoms with Gasteiger partial charge in [-0.15, -0.1) is 0 Å².